The highest BCUT2D eigenvalue weighted by Crippen LogP contribution is 2.38. The first-order chi connectivity index (χ1) is 16.2. The van der Waals surface area contributed by atoms with Gasteiger partial charge < -0.3 is 16.4 Å². The van der Waals surface area contributed by atoms with Crippen LogP contribution in [0.1, 0.15) is 29.8 Å². The van der Waals surface area contributed by atoms with Gasteiger partial charge in [0.15, 0.2) is 0 Å². The van der Waals surface area contributed by atoms with Crippen molar-refractivity contribution in [2.24, 2.45) is 5.73 Å². The number of carbonyl (C=O) groups excluding carboxylic acids is 1. The van der Waals surface area contributed by atoms with Crippen LogP contribution in [-0.2, 0) is 17.5 Å². The van der Waals surface area contributed by atoms with Gasteiger partial charge in [-0.25, -0.2) is 4.68 Å². The Bertz CT molecular complexity index is 1420. The average Bonchev–Trinajstić information content (AvgIpc) is 3.43. The third-order valence-electron chi connectivity index (χ3n) is 5.73. The SMILES string of the molecule is CC1=C(C(=O)Nc2ccc3[nH]ncc3c2)C(c2ccc(C(F)(F)F)cc2)n2nc(CN)cc2N1. The maximum absolute atomic E-state index is 13.5. The van der Waals surface area contributed by atoms with E-state index in [-0.39, 0.29) is 6.54 Å². The van der Waals surface area contributed by atoms with Crippen LogP contribution in [0.15, 0.2) is 66.0 Å². The number of alkyl halides is 3. The Balaban J connectivity index is 1.56. The molecule has 8 nitrogen and oxygen atoms in total. The molecule has 5 N–H and O–H groups in total. The van der Waals surface area contributed by atoms with Crippen LogP contribution in [0.25, 0.3) is 10.9 Å². The summed E-state index contributed by atoms with van der Waals surface area (Å²) >= 11 is 0. The summed E-state index contributed by atoms with van der Waals surface area (Å²) in [7, 11) is 0. The van der Waals surface area contributed by atoms with E-state index >= 15 is 0 Å². The van der Waals surface area contributed by atoms with Crippen LogP contribution in [0.5, 0.6) is 0 Å². The number of nitrogens with one attached hydrogen (secondary N) is 3. The molecule has 34 heavy (non-hydrogen) atoms. The number of hydrogen-bond acceptors (Lipinski definition) is 5. The van der Waals surface area contributed by atoms with E-state index < -0.39 is 23.7 Å². The van der Waals surface area contributed by atoms with E-state index in [0.29, 0.717) is 34.0 Å². The molecule has 0 bridgehead atoms. The monoisotopic (exact) mass is 467 g/mol. The fourth-order valence-corrected chi connectivity index (χ4v) is 4.10. The lowest BCUT2D eigenvalue weighted by Crippen LogP contribution is -2.31. The fourth-order valence-electron chi connectivity index (χ4n) is 4.10. The van der Waals surface area contributed by atoms with Gasteiger partial charge in [-0.05, 0) is 42.8 Å². The van der Waals surface area contributed by atoms with Crippen molar-refractivity contribution in [3.8, 4) is 0 Å². The van der Waals surface area contributed by atoms with Crippen molar-refractivity contribution in [2.45, 2.75) is 25.7 Å². The minimum Gasteiger partial charge on any atom is -0.344 e. The minimum absolute atomic E-state index is 0.173. The predicted molar refractivity (Wildman–Crippen MR) is 121 cm³/mol. The largest absolute Gasteiger partial charge is 0.416 e. The van der Waals surface area contributed by atoms with Crippen molar-refractivity contribution in [1.29, 1.82) is 0 Å². The number of nitrogens with two attached hydrogens (primary N) is 1. The number of aromatic amines is 1. The molecule has 0 spiro atoms. The van der Waals surface area contributed by atoms with E-state index in [9.17, 15) is 18.0 Å². The lowest BCUT2D eigenvalue weighted by atomic mass is 9.94. The Labute approximate surface area is 191 Å². The zero-order chi connectivity index (χ0) is 24.0. The van der Waals surface area contributed by atoms with Crippen molar-refractivity contribution in [2.75, 3.05) is 10.6 Å². The summed E-state index contributed by atoms with van der Waals surface area (Å²) in [5.74, 6) is 0.187. The van der Waals surface area contributed by atoms with Gasteiger partial charge in [-0.3, -0.25) is 9.89 Å². The van der Waals surface area contributed by atoms with Crippen LogP contribution in [0.4, 0.5) is 24.7 Å². The molecule has 0 radical (unpaired) electrons. The molecule has 1 amide bonds. The third-order valence-corrected chi connectivity index (χ3v) is 5.73. The Hall–Kier alpha value is -4.12. The molecule has 3 heterocycles. The number of fused-ring (bicyclic) bond motifs is 2. The minimum atomic E-state index is -4.46. The normalized spacial score (nSPS) is 15.9. The molecule has 1 unspecified atom stereocenters. The Morgan fingerprint density at radius 2 is 1.94 bits per heavy atom. The Kier molecular flexibility index (Phi) is 5.13. The molecule has 2 aromatic heterocycles. The number of H-pyrrole nitrogens is 1. The van der Waals surface area contributed by atoms with E-state index in [1.807, 2.05) is 0 Å². The first-order valence-electron chi connectivity index (χ1n) is 10.4. The summed E-state index contributed by atoms with van der Waals surface area (Å²) in [4.78, 5) is 13.5. The van der Waals surface area contributed by atoms with Crippen molar-refractivity contribution in [3.63, 3.8) is 0 Å². The molecule has 0 saturated heterocycles. The molecule has 174 valence electrons. The second-order valence-electron chi connectivity index (χ2n) is 7.98. The molecule has 4 aromatic rings. The highest BCUT2D eigenvalue weighted by molar-refractivity contribution is 6.06. The van der Waals surface area contributed by atoms with Gasteiger partial charge in [-0.2, -0.15) is 23.4 Å². The molecule has 2 aromatic carbocycles. The van der Waals surface area contributed by atoms with Gasteiger partial charge in [-0.15, -0.1) is 0 Å². The topological polar surface area (TPSA) is 114 Å². The van der Waals surface area contributed by atoms with Crippen molar-refractivity contribution < 1.29 is 18.0 Å². The van der Waals surface area contributed by atoms with E-state index in [0.717, 1.165) is 23.0 Å². The fraction of sp³-hybridized carbons (Fsp3) is 0.174. The molecule has 0 aliphatic carbocycles. The van der Waals surface area contributed by atoms with E-state index in [1.165, 1.54) is 12.1 Å². The Morgan fingerprint density at radius 3 is 2.65 bits per heavy atom. The second kappa shape index (κ2) is 8.03. The molecular formula is C23H20F3N7O. The first-order valence-corrected chi connectivity index (χ1v) is 10.4. The number of nitrogens with zero attached hydrogens (tertiary/aromatic N) is 3. The number of allylic oxidation sites excluding steroid dienone is 1. The molecule has 0 fully saturated rings. The van der Waals surface area contributed by atoms with Gasteiger partial charge in [0, 0.05) is 29.4 Å². The average molecular weight is 467 g/mol. The highest BCUT2D eigenvalue weighted by Gasteiger charge is 2.35. The number of halogens is 3. The van der Waals surface area contributed by atoms with Gasteiger partial charge in [0.05, 0.1) is 28.5 Å². The van der Waals surface area contributed by atoms with Crippen LogP contribution in [0, 0.1) is 0 Å². The number of anilines is 2. The number of benzene rings is 2. The van der Waals surface area contributed by atoms with E-state index in [1.54, 1.807) is 42.1 Å². The lowest BCUT2D eigenvalue weighted by molar-refractivity contribution is -0.137. The number of rotatable bonds is 4. The second-order valence-corrected chi connectivity index (χ2v) is 7.98. The van der Waals surface area contributed by atoms with Gasteiger partial charge >= 0.3 is 6.18 Å². The van der Waals surface area contributed by atoms with E-state index in [2.05, 4.69) is 25.9 Å². The Morgan fingerprint density at radius 1 is 1.18 bits per heavy atom. The summed E-state index contributed by atoms with van der Waals surface area (Å²) in [6.45, 7) is 1.91. The van der Waals surface area contributed by atoms with E-state index in [4.69, 9.17) is 5.73 Å². The summed E-state index contributed by atoms with van der Waals surface area (Å²) in [5.41, 5.74) is 8.31. The van der Waals surface area contributed by atoms with Crippen LogP contribution in [-0.4, -0.2) is 25.9 Å². The van der Waals surface area contributed by atoms with Crippen LogP contribution in [0.2, 0.25) is 0 Å². The molecular weight excluding hydrogens is 447 g/mol. The summed E-state index contributed by atoms with van der Waals surface area (Å²) in [6, 6.07) is 11.0. The number of aromatic nitrogens is 4. The standard InChI is InChI=1S/C23H20F3N7O/c1-12-20(22(34)30-16-6-7-18-14(8-16)11-28-31-18)21(33-19(29-12)9-17(10-27)32-33)13-2-4-15(5-3-13)23(24,25)26/h2-9,11,21,29H,10,27H2,1H3,(H,28,31)(H,30,34). The van der Waals surface area contributed by atoms with Crippen LogP contribution in [0.3, 0.4) is 0 Å². The number of carbonyl (C=O) groups is 1. The highest BCUT2D eigenvalue weighted by atomic mass is 19.4. The van der Waals surface area contributed by atoms with Crippen molar-refractivity contribution in [1.82, 2.24) is 20.0 Å². The van der Waals surface area contributed by atoms with Crippen LogP contribution >= 0.6 is 0 Å². The third kappa shape index (κ3) is 3.79. The molecule has 11 heteroatoms. The van der Waals surface area contributed by atoms with Gasteiger partial charge in [0.25, 0.3) is 5.91 Å². The van der Waals surface area contributed by atoms with Gasteiger partial charge in [0.2, 0.25) is 0 Å². The number of amides is 1. The summed E-state index contributed by atoms with van der Waals surface area (Å²) in [5, 5.41) is 18.2. The summed E-state index contributed by atoms with van der Waals surface area (Å²) < 4.78 is 41.0. The lowest BCUT2D eigenvalue weighted by Gasteiger charge is -2.30. The van der Waals surface area contributed by atoms with Gasteiger partial charge in [-0.1, -0.05) is 12.1 Å². The maximum Gasteiger partial charge on any atom is 0.416 e. The molecule has 1 atom stereocenters. The molecule has 1 aliphatic heterocycles. The van der Waals surface area contributed by atoms with Crippen LogP contribution < -0.4 is 16.4 Å². The van der Waals surface area contributed by atoms with Gasteiger partial charge in [0.1, 0.15) is 11.9 Å². The van der Waals surface area contributed by atoms with Crippen molar-refractivity contribution >= 4 is 28.3 Å². The summed E-state index contributed by atoms with van der Waals surface area (Å²) in [6.07, 6.45) is -2.82. The molecule has 5 rings (SSSR count). The maximum atomic E-state index is 13.5. The quantitative estimate of drug-likeness (QED) is 0.360. The number of hydrogen-bond donors (Lipinski definition) is 4. The zero-order valence-electron chi connectivity index (χ0n) is 17.9. The molecule has 0 saturated carbocycles. The molecule has 1 aliphatic rings. The van der Waals surface area contributed by atoms with Crippen molar-refractivity contribution in [3.05, 3.63) is 82.8 Å². The smallest absolute Gasteiger partial charge is 0.344 e. The zero-order valence-corrected chi connectivity index (χ0v) is 17.9. The predicted octanol–water partition coefficient (Wildman–Crippen LogP) is 4.16. The first kappa shape index (κ1) is 21.7.